The molecule has 360 valence electrons. The van der Waals surface area contributed by atoms with Crippen molar-refractivity contribution in [1.29, 1.82) is 0 Å². The minimum absolute atomic E-state index is 0. The number of rotatable bonds is 29. The number of aliphatic hydroxyl groups excluding tert-OH is 2. The fourth-order valence-corrected chi connectivity index (χ4v) is 10.4. The average Bonchev–Trinajstić information content (AvgIpc) is 4.18. The van der Waals surface area contributed by atoms with Gasteiger partial charge in [-0.3, -0.25) is 0 Å². The third-order valence-electron chi connectivity index (χ3n) is 14.3. The molecule has 63 heavy (non-hydrogen) atoms. The second kappa shape index (κ2) is 42.3. The fraction of sp³-hybridized carbons (Fsp3) is 0.828. The molecule has 5 rings (SSSR count). The van der Waals surface area contributed by atoms with Gasteiger partial charge in [-0.15, -0.1) is 0 Å². The van der Waals surface area contributed by atoms with Crippen molar-refractivity contribution < 1.29 is 71.1 Å². The third-order valence-corrected chi connectivity index (χ3v) is 14.3. The van der Waals surface area contributed by atoms with Crippen LogP contribution in [0.5, 0.6) is 0 Å². The molecule has 2 aromatic rings. The van der Waals surface area contributed by atoms with Crippen LogP contribution in [0.4, 0.5) is 0 Å². The topological polar surface area (TPSA) is 62.2 Å². The van der Waals surface area contributed by atoms with Gasteiger partial charge in [-0.25, -0.2) is 0 Å². The van der Waals surface area contributed by atoms with E-state index >= 15 is 0 Å². The first-order chi connectivity index (χ1) is 30.2. The Labute approximate surface area is 434 Å². The molecular weight excluding hydrogens is 800 g/mol. The minimum atomic E-state index is 0. The van der Waals surface area contributed by atoms with Crippen LogP contribution in [0.15, 0.2) is 48.5 Å². The normalized spacial score (nSPS) is 17.3. The van der Waals surface area contributed by atoms with Gasteiger partial charge in [0.05, 0.1) is 26.4 Å². The SMILES string of the molecule is C1CO1.CC(C)CCCC(C)CCCC(CCCCO)C1CCCCC1.CC(C)CCCC(C)CCCC(CCCCOCCO)C1CCCCC1.[K+].c1ccc2ccccc2c1. The van der Waals surface area contributed by atoms with Crippen molar-refractivity contribution in [3.63, 3.8) is 0 Å². The van der Waals surface area contributed by atoms with Crippen molar-refractivity contribution in [2.75, 3.05) is 39.6 Å². The molecule has 2 aliphatic carbocycles. The molecule has 0 amide bonds. The second-order valence-electron chi connectivity index (χ2n) is 21.0. The zero-order valence-electron chi connectivity index (χ0n) is 43.0. The number of hydrogen-bond acceptors (Lipinski definition) is 4. The average molecular weight is 905 g/mol. The molecule has 0 radical (unpaired) electrons. The number of hydrogen-bond donors (Lipinski definition) is 2. The van der Waals surface area contributed by atoms with Gasteiger partial charge in [0.15, 0.2) is 0 Å². The van der Waals surface area contributed by atoms with E-state index in [1.54, 1.807) is 0 Å². The van der Waals surface area contributed by atoms with E-state index in [9.17, 15) is 0 Å². The van der Waals surface area contributed by atoms with Gasteiger partial charge in [0.1, 0.15) is 0 Å². The van der Waals surface area contributed by atoms with E-state index in [-0.39, 0.29) is 58.0 Å². The van der Waals surface area contributed by atoms with Crippen LogP contribution in [0.25, 0.3) is 10.8 Å². The maximum absolute atomic E-state index is 9.06. The fourth-order valence-electron chi connectivity index (χ4n) is 10.4. The Kier molecular flexibility index (Phi) is 41.1. The Morgan fingerprint density at radius 1 is 0.460 bits per heavy atom. The van der Waals surface area contributed by atoms with Crippen molar-refractivity contribution >= 4 is 10.8 Å². The maximum atomic E-state index is 9.06. The van der Waals surface area contributed by atoms with Crippen molar-refractivity contribution in [3.05, 3.63) is 48.5 Å². The van der Waals surface area contributed by atoms with Gasteiger partial charge in [-0.2, -0.15) is 0 Å². The van der Waals surface area contributed by atoms with Crippen LogP contribution in [-0.2, 0) is 9.47 Å². The number of aliphatic hydroxyl groups is 2. The molecule has 0 bridgehead atoms. The molecule has 4 unspecified atom stereocenters. The van der Waals surface area contributed by atoms with Crippen molar-refractivity contribution in [2.24, 2.45) is 47.3 Å². The van der Waals surface area contributed by atoms with Crippen LogP contribution in [-0.4, -0.2) is 49.9 Å². The molecule has 4 atom stereocenters. The third kappa shape index (κ3) is 35.0. The van der Waals surface area contributed by atoms with E-state index in [0.29, 0.717) is 13.2 Å². The smallest absolute Gasteiger partial charge is 0.396 e. The Morgan fingerprint density at radius 3 is 1.17 bits per heavy atom. The summed E-state index contributed by atoms with van der Waals surface area (Å²) in [6, 6.07) is 16.7. The molecule has 2 aromatic carbocycles. The number of epoxide rings is 1. The number of unbranched alkanes of at least 4 members (excludes halogenated alkanes) is 2. The monoisotopic (exact) mass is 904 g/mol. The van der Waals surface area contributed by atoms with Gasteiger partial charge in [0.25, 0.3) is 0 Å². The predicted octanol–water partition coefficient (Wildman–Crippen LogP) is 13.8. The van der Waals surface area contributed by atoms with Crippen molar-refractivity contribution in [3.8, 4) is 0 Å². The van der Waals surface area contributed by atoms with Gasteiger partial charge in [-0.05, 0) is 71.0 Å². The molecule has 0 aromatic heterocycles. The summed E-state index contributed by atoms with van der Waals surface area (Å²) in [5, 5.41) is 20.5. The number of benzene rings is 2. The molecule has 2 N–H and O–H groups in total. The Morgan fingerprint density at radius 2 is 0.825 bits per heavy atom. The van der Waals surface area contributed by atoms with Crippen LogP contribution in [0.2, 0.25) is 0 Å². The molecule has 3 fully saturated rings. The van der Waals surface area contributed by atoms with E-state index in [2.05, 4.69) is 94.8 Å². The molecular formula is C58H104KO4+. The molecule has 2 saturated carbocycles. The van der Waals surface area contributed by atoms with E-state index in [4.69, 9.17) is 14.9 Å². The quantitative estimate of drug-likeness (QED) is 0.0485. The summed E-state index contributed by atoms with van der Waals surface area (Å²) in [5.74, 6) is 7.45. The molecule has 5 heteroatoms. The van der Waals surface area contributed by atoms with E-state index in [1.165, 1.54) is 178 Å². The van der Waals surface area contributed by atoms with Gasteiger partial charge >= 0.3 is 51.4 Å². The predicted molar refractivity (Wildman–Crippen MR) is 271 cm³/mol. The van der Waals surface area contributed by atoms with E-state index < -0.39 is 0 Å². The van der Waals surface area contributed by atoms with Crippen molar-refractivity contribution in [1.82, 2.24) is 0 Å². The number of ether oxygens (including phenoxy) is 2. The minimum Gasteiger partial charge on any atom is -0.396 e. The van der Waals surface area contributed by atoms with Crippen LogP contribution in [0.3, 0.4) is 0 Å². The summed E-state index contributed by atoms with van der Waals surface area (Å²) >= 11 is 0. The summed E-state index contributed by atoms with van der Waals surface area (Å²) in [7, 11) is 0. The van der Waals surface area contributed by atoms with Crippen LogP contribution < -0.4 is 51.4 Å². The largest absolute Gasteiger partial charge is 1.00 e. The van der Waals surface area contributed by atoms with Crippen LogP contribution in [0, 0.1) is 47.3 Å². The Bertz CT molecular complexity index is 1170. The van der Waals surface area contributed by atoms with Gasteiger partial charge in [0, 0.05) is 13.2 Å². The maximum Gasteiger partial charge on any atom is 1.00 e. The standard InChI is InChI=1S/C24H48O2.C22H44O.C10H8.C2H4O.K/c1-21(2)11-9-12-22(3)13-10-17-24(23-14-5-4-6-15-23)16-7-8-19-26-20-18-25;1-19(2)11-9-12-20(3)13-10-17-22(16-7-8-18-23)21-14-5-4-6-15-21;1-2-6-10-8-4-3-7-9(10)5-1;1-2-3-1;/h21-25H,4-20H2,1-3H3;19-23H,4-18H2,1-3H3;1-8H;1-2H2;/q;;;;+1. The summed E-state index contributed by atoms with van der Waals surface area (Å²) in [6.45, 7) is 18.1. The van der Waals surface area contributed by atoms with E-state index in [1.807, 2.05) is 0 Å². The van der Waals surface area contributed by atoms with Crippen LogP contribution >= 0.6 is 0 Å². The molecule has 1 heterocycles. The first-order valence-electron chi connectivity index (χ1n) is 27.0. The summed E-state index contributed by atoms with van der Waals surface area (Å²) in [6.07, 6.45) is 39.3. The summed E-state index contributed by atoms with van der Waals surface area (Å²) in [5.41, 5.74) is 0. The molecule has 3 aliphatic rings. The van der Waals surface area contributed by atoms with Gasteiger partial charge < -0.3 is 19.7 Å². The first kappa shape index (κ1) is 61.2. The molecule has 1 saturated heterocycles. The molecule has 1 aliphatic heterocycles. The van der Waals surface area contributed by atoms with Crippen molar-refractivity contribution in [2.45, 2.75) is 221 Å². The molecule has 0 spiro atoms. The zero-order valence-corrected chi connectivity index (χ0v) is 46.1. The first-order valence-corrected chi connectivity index (χ1v) is 27.0. The van der Waals surface area contributed by atoms with Gasteiger partial charge in [0.2, 0.25) is 0 Å². The van der Waals surface area contributed by atoms with E-state index in [0.717, 1.165) is 80.0 Å². The Balaban J connectivity index is 0.000000484. The Hall–Kier alpha value is 0.176. The second-order valence-corrected chi connectivity index (χ2v) is 21.0. The number of fused-ring (bicyclic) bond motifs is 1. The summed E-state index contributed by atoms with van der Waals surface area (Å²) in [4.78, 5) is 0. The molecule has 4 nitrogen and oxygen atoms in total. The summed E-state index contributed by atoms with van der Waals surface area (Å²) < 4.78 is 9.93. The van der Waals surface area contributed by atoms with Gasteiger partial charge in [-0.1, -0.05) is 257 Å². The van der Waals surface area contributed by atoms with Crippen LogP contribution in [0.1, 0.15) is 221 Å². The zero-order chi connectivity index (χ0) is 44.9.